The third kappa shape index (κ3) is 1.90. The number of carbonyl (C=O) groups excluding carboxylic acids is 2. The van der Waals surface area contributed by atoms with E-state index in [-0.39, 0.29) is 11.7 Å². The van der Waals surface area contributed by atoms with Crippen molar-refractivity contribution in [2.24, 2.45) is 0 Å². The predicted molar refractivity (Wildman–Crippen MR) is 64.6 cm³/mol. The number of hydrogen-bond acceptors (Lipinski definition) is 3. The van der Waals surface area contributed by atoms with Crippen molar-refractivity contribution in [2.75, 3.05) is 11.4 Å². The fourth-order valence-electron chi connectivity index (χ4n) is 1.95. The summed E-state index contributed by atoms with van der Waals surface area (Å²) in [5.74, 6) is 0.569. The van der Waals surface area contributed by atoms with Gasteiger partial charge in [0, 0.05) is 12.1 Å². The van der Waals surface area contributed by atoms with Crippen LogP contribution in [0.15, 0.2) is 18.2 Å². The number of likely N-dealkylation sites (N-methyl/N-ethyl adjacent to an activating group) is 1. The molecule has 17 heavy (non-hydrogen) atoms. The van der Waals surface area contributed by atoms with Crippen LogP contribution in [-0.2, 0) is 4.79 Å². The number of ether oxygens (including phenoxy) is 1. The molecule has 1 unspecified atom stereocenters. The van der Waals surface area contributed by atoms with Gasteiger partial charge in [-0.2, -0.15) is 0 Å². The van der Waals surface area contributed by atoms with E-state index in [4.69, 9.17) is 4.74 Å². The molecule has 0 saturated carbocycles. The van der Waals surface area contributed by atoms with Crippen LogP contribution in [0.2, 0.25) is 0 Å². The van der Waals surface area contributed by atoms with Crippen LogP contribution in [0.25, 0.3) is 0 Å². The molecule has 0 aliphatic carbocycles. The summed E-state index contributed by atoms with van der Waals surface area (Å²) in [5, 5.41) is 0. The van der Waals surface area contributed by atoms with Crippen molar-refractivity contribution in [1.29, 1.82) is 0 Å². The monoisotopic (exact) mass is 233 g/mol. The van der Waals surface area contributed by atoms with Gasteiger partial charge in [-0.05, 0) is 39.0 Å². The number of nitrogens with zero attached hydrogens (tertiary/aromatic N) is 1. The van der Waals surface area contributed by atoms with E-state index < -0.39 is 6.10 Å². The van der Waals surface area contributed by atoms with E-state index in [9.17, 15) is 9.59 Å². The number of carbonyl (C=O) groups is 2. The van der Waals surface area contributed by atoms with Gasteiger partial charge in [0.15, 0.2) is 11.9 Å². The molecule has 0 fully saturated rings. The minimum Gasteiger partial charge on any atom is -0.479 e. The number of Topliss-reactive ketones (excluding diaryl/α,β-unsaturated/α-hetero) is 1. The number of ketones is 1. The maximum Gasteiger partial charge on any atom is 0.267 e. The molecule has 1 aliphatic heterocycles. The van der Waals surface area contributed by atoms with Crippen LogP contribution in [0.5, 0.6) is 5.75 Å². The second kappa shape index (κ2) is 4.20. The minimum atomic E-state index is -0.467. The van der Waals surface area contributed by atoms with Gasteiger partial charge < -0.3 is 9.64 Å². The molecule has 0 N–H and O–H groups in total. The molecular weight excluding hydrogens is 218 g/mol. The molecular formula is C13H15NO3. The van der Waals surface area contributed by atoms with Crippen LogP contribution >= 0.6 is 0 Å². The topological polar surface area (TPSA) is 46.6 Å². The number of anilines is 1. The van der Waals surface area contributed by atoms with Gasteiger partial charge in [-0.15, -0.1) is 0 Å². The largest absolute Gasteiger partial charge is 0.479 e. The maximum absolute atomic E-state index is 11.9. The first kappa shape index (κ1) is 11.6. The van der Waals surface area contributed by atoms with Gasteiger partial charge in [-0.1, -0.05) is 0 Å². The van der Waals surface area contributed by atoms with Crippen LogP contribution in [0.3, 0.4) is 0 Å². The summed E-state index contributed by atoms with van der Waals surface area (Å²) in [6.07, 6.45) is -0.467. The van der Waals surface area contributed by atoms with E-state index in [2.05, 4.69) is 0 Å². The lowest BCUT2D eigenvalue weighted by Crippen LogP contribution is -2.44. The molecule has 1 amide bonds. The summed E-state index contributed by atoms with van der Waals surface area (Å²) in [6.45, 7) is 5.71. The standard InChI is InChI=1S/C13H15NO3/c1-4-14-11-7-10(8(2)15)5-6-12(11)17-9(3)13(14)16/h5-7,9H,4H2,1-3H3. The molecule has 0 saturated heterocycles. The van der Waals surface area contributed by atoms with E-state index in [0.717, 1.165) is 0 Å². The van der Waals surface area contributed by atoms with Gasteiger partial charge in [0.2, 0.25) is 0 Å². The molecule has 0 radical (unpaired) electrons. The molecule has 0 bridgehead atoms. The van der Waals surface area contributed by atoms with Crippen molar-refractivity contribution in [1.82, 2.24) is 0 Å². The Morgan fingerprint density at radius 1 is 1.47 bits per heavy atom. The molecule has 1 aromatic carbocycles. The lowest BCUT2D eigenvalue weighted by atomic mass is 10.1. The summed E-state index contributed by atoms with van der Waals surface area (Å²) in [7, 11) is 0. The Balaban J connectivity index is 2.52. The van der Waals surface area contributed by atoms with Crippen LogP contribution in [-0.4, -0.2) is 24.3 Å². The molecule has 1 heterocycles. The molecule has 1 aliphatic rings. The highest BCUT2D eigenvalue weighted by atomic mass is 16.5. The SMILES string of the molecule is CCN1C(=O)C(C)Oc2ccc(C(C)=O)cc21. The number of fused-ring (bicyclic) bond motifs is 1. The lowest BCUT2D eigenvalue weighted by molar-refractivity contribution is -0.125. The van der Waals surface area contributed by atoms with Crippen molar-refractivity contribution < 1.29 is 14.3 Å². The number of benzene rings is 1. The fourth-order valence-corrected chi connectivity index (χ4v) is 1.95. The molecule has 4 heteroatoms. The number of amides is 1. The Kier molecular flexibility index (Phi) is 2.88. The Morgan fingerprint density at radius 3 is 2.76 bits per heavy atom. The smallest absolute Gasteiger partial charge is 0.267 e. The van der Waals surface area contributed by atoms with E-state index in [1.165, 1.54) is 6.92 Å². The zero-order valence-corrected chi connectivity index (χ0v) is 10.2. The van der Waals surface area contributed by atoms with Gasteiger partial charge in [0.05, 0.1) is 5.69 Å². The summed E-state index contributed by atoms with van der Waals surface area (Å²) in [6, 6.07) is 5.18. The van der Waals surface area contributed by atoms with Gasteiger partial charge in [0.25, 0.3) is 5.91 Å². The Morgan fingerprint density at radius 2 is 2.18 bits per heavy atom. The van der Waals surface area contributed by atoms with Crippen LogP contribution < -0.4 is 9.64 Å². The Hall–Kier alpha value is -1.84. The quantitative estimate of drug-likeness (QED) is 0.734. The normalized spacial score (nSPS) is 18.6. The fraction of sp³-hybridized carbons (Fsp3) is 0.385. The first-order valence-electron chi connectivity index (χ1n) is 5.67. The van der Waals surface area contributed by atoms with Gasteiger partial charge in [-0.3, -0.25) is 9.59 Å². The van der Waals surface area contributed by atoms with Gasteiger partial charge >= 0.3 is 0 Å². The molecule has 0 aromatic heterocycles. The summed E-state index contributed by atoms with van der Waals surface area (Å²) >= 11 is 0. The molecule has 2 rings (SSSR count). The summed E-state index contributed by atoms with van der Waals surface area (Å²) in [4.78, 5) is 24.9. The lowest BCUT2D eigenvalue weighted by Gasteiger charge is -2.32. The number of rotatable bonds is 2. The Labute approximate surface area is 100 Å². The zero-order chi connectivity index (χ0) is 12.6. The third-order valence-electron chi connectivity index (χ3n) is 2.89. The van der Waals surface area contributed by atoms with Crippen molar-refractivity contribution in [3.63, 3.8) is 0 Å². The second-order valence-electron chi connectivity index (χ2n) is 4.08. The van der Waals surface area contributed by atoms with E-state index in [1.807, 2.05) is 6.92 Å². The Bertz CT molecular complexity index is 482. The molecule has 1 aromatic rings. The molecule has 0 spiro atoms. The van der Waals surface area contributed by atoms with E-state index in [0.29, 0.717) is 23.5 Å². The first-order valence-corrected chi connectivity index (χ1v) is 5.67. The van der Waals surface area contributed by atoms with E-state index in [1.54, 1.807) is 30.0 Å². The van der Waals surface area contributed by atoms with Crippen molar-refractivity contribution in [3.8, 4) is 5.75 Å². The number of hydrogen-bond donors (Lipinski definition) is 0. The third-order valence-corrected chi connectivity index (χ3v) is 2.89. The van der Waals surface area contributed by atoms with Crippen LogP contribution in [0.4, 0.5) is 5.69 Å². The van der Waals surface area contributed by atoms with Crippen LogP contribution in [0.1, 0.15) is 31.1 Å². The first-order chi connectivity index (χ1) is 8.04. The van der Waals surface area contributed by atoms with Crippen molar-refractivity contribution >= 4 is 17.4 Å². The van der Waals surface area contributed by atoms with Gasteiger partial charge in [0.1, 0.15) is 5.75 Å². The predicted octanol–water partition coefficient (Wildman–Crippen LogP) is 2.02. The van der Waals surface area contributed by atoms with Gasteiger partial charge in [-0.25, -0.2) is 0 Å². The van der Waals surface area contributed by atoms with Crippen molar-refractivity contribution in [2.45, 2.75) is 26.9 Å². The molecule has 90 valence electrons. The van der Waals surface area contributed by atoms with Crippen molar-refractivity contribution in [3.05, 3.63) is 23.8 Å². The highest BCUT2D eigenvalue weighted by molar-refractivity contribution is 6.02. The highest BCUT2D eigenvalue weighted by Gasteiger charge is 2.30. The summed E-state index contributed by atoms with van der Waals surface area (Å²) < 4.78 is 5.51. The van der Waals surface area contributed by atoms with Crippen LogP contribution in [0, 0.1) is 0 Å². The average molecular weight is 233 g/mol. The molecule has 1 atom stereocenters. The summed E-state index contributed by atoms with van der Waals surface area (Å²) in [5.41, 5.74) is 1.27. The van der Waals surface area contributed by atoms with E-state index >= 15 is 0 Å². The average Bonchev–Trinajstić information content (AvgIpc) is 2.30. The highest BCUT2D eigenvalue weighted by Crippen LogP contribution is 2.34. The zero-order valence-electron chi connectivity index (χ0n) is 10.2. The minimum absolute atomic E-state index is 0.0186. The molecule has 4 nitrogen and oxygen atoms in total. The maximum atomic E-state index is 11.9. The second-order valence-corrected chi connectivity index (χ2v) is 4.08.